The largest absolute Gasteiger partial charge is 0.488 e. The Labute approximate surface area is 231 Å². The zero-order chi connectivity index (χ0) is 27.0. The number of carbonyl (C=O) groups is 2. The van der Waals surface area contributed by atoms with Crippen molar-refractivity contribution in [2.24, 2.45) is 4.99 Å². The minimum absolute atomic E-state index is 0.102. The molecule has 1 saturated heterocycles. The molecule has 1 aliphatic rings. The molecule has 0 spiro atoms. The molecule has 1 fully saturated rings. The maximum absolute atomic E-state index is 13.6. The Kier molecular flexibility index (Phi) is 8.19. The average molecular weight is 535 g/mol. The average Bonchev–Trinajstić information content (AvgIpc) is 3.26. The van der Waals surface area contributed by atoms with E-state index in [-0.39, 0.29) is 18.1 Å². The number of thioether (sulfide) groups is 1. The first-order chi connectivity index (χ1) is 19.1. The summed E-state index contributed by atoms with van der Waals surface area (Å²) >= 11 is 1.36. The number of ether oxygens (including phenoxy) is 1. The van der Waals surface area contributed by atoms with E-state index in [2.05, 4.69) is 0 Å². The molecule has 5 rings (SSSR count). The summed E-state index contributed by atoms with van der Waals surface area (Å²) in [6.07, 6.45) is 1.85. The Bertz CT molecular complexity index is 1520. The Morgan fingerprint density at radius 2 is 1.46 bits per heavy atom. The van der Waals surface area contributed by atoms with Gasteiger partial charge in [-0.2, -0.15) is 0 Å². The number of carboxylic acid groups (broad SMARTS) is 1. The van der Waals surface area contributed by atoms with Gasteiger partial charge in [0.15, 0.2) is 5.17 Å². The monoisotopic (exact) mass is 534 g/mol. The summed E-state index contributed by atoms with van der Waals surface area (Å²) in [5.41, 5.74) is 3.95. The van der Waals surface area contributed by atoms with Gasteiger partial charge >= 0.3 is 5.97 Å². The topological polar surface area (TPSA) is 79.2 Å². The van der Waals surface area contributed by atoms with Crippen LogP contribution in [-0.2, 0) is 24.5 Å². The van der Waals surface area contributed by atoms with Gasteiger partial charge in [0.05, 0.1) is 23.6 Å². The van der Waals surface area contributed by atoms with Crippen molar-refractivity contribution in [3.8, 4) is 5.75 Å². The van der Waals surface area contributed by atoms with E-state index in [1.54, 1.807) is 29.2 Å². The molecule has 0 aliphatic carbocycles. The van der Waals surface area contributed by atoms with E-state index in [1.165, 1.54) is 11.8 Å². The van der Waals surface area contributed by atoms with Gasteiger partial charge in [0, 0.05) is 5.56 Å². The van der Waals surface area contributed by atoms with Gasteiger partial charge in [-0.1, -0.05) is 91.0 Å². The molecule has 0 bridgehead atoms. The van der Waals surface area contributed by atoms with Crippen LogP contribution in [0.3, 0.4) is 0 Å². The number of aromatic carboxylic acids is 1. The number of hydrogen-bond acceptors (Lipinski definition) is 5. The van der Waals surface area contributed by atoms with Crippen molar-refractivity contribution in [3.05, 3.63) is 142 Å². The van der Waals surface area contributed by atoms with Crippen molar-refractivity contribution in [2.45, 2.75) is 19.7 Å². The highest BCUT2D eigenvalue weighted by Crippen LogP contribution is 2.35. The number of amidine groups is 1. The third kappa shape index (κ3) is 6.64. The minimum Gasteiger partial charge on any atom is -0.488 e. The van der Waals surface area contributed by atoms with Crippen LogP contribution < -0.4 is 4.74 Å². The van der Waals surface area contributed by atoms with Crippen LogP contribution in [0.5, 0.6) is 5.75 Å². The number of amides is 1. The van der Waals surface area contributed by atoms with Gasteiger partial charge < -0.3 is 9.84 Å². The van der Waals surface area contributed by atoms with Crippen LogP contribution in [0, 0.1) is 0 Å². The molecule has 7 heteroatoms. The third-order valence-electron chi connectivity index (χ3n) is 6.11. The molecule has 1 N–H and O–H groups in total. The zero-order valence-electron chi connectivity index (χ0n) is 21.1. The second kappa shape index (κ2) is 12.3. The van der Waals surface area contributed by atoms with Crippen LogP contribution in [0.4, 0.5) is 0 Å². The van der Waals surface area contributed by atoms with E-state index < -0.39 is 5.97 Å². The van der Waals surface area contributed by atoms with Gasteiger partial charge in [0.25, 0.3) is 5.91 Å². The number of benzene rings is 4. The molecule has 0 aromatic heterocycles. The smallest absolute Gasteiger partial charge is 0.335 e. The normalized spacial score (nSPS) is 15.2. The highest BCUT2D eigenvalue weighted by atomic mass is 32.2. The number of aliphatic imine (C=N–C) groups is 1. The van der Waals surface area contributed by atoms with Crippen molar-refractivity contribution in [3.63, 3.8) is 0 Å². The predicted molar refractivity (Wildman–Crippen MR) is 154 cm³/mol. The molecule has 39 heavy (non-hydrogen) atoms. The number of para-hydroxylation sites is 1. The van der Waals surface area contributed by atoms with E-state index >= 15 is 0 Å². The van der Waals surface area contributed by atoms with Crippen LogP contribution in [0.1, 0.15) is 32.6 Å². The van der Waals surface area contributed by atoms with Crippen molar-refractivity contribution in [2.75, 3.05) is 0 Å². The Hall–Kier alpha value is -4.62. The highest BCUT2D eigenvalue weighted by molar-refractivity contribution is 8.18. The zero-order valence-corrected chi connectivity index (χ0v) is 21.9. The second-order valence-corrected chi connectivity index (χ2v) is 9.91. The number of hydrogen-bond donors (Lipinski definition) is 1. The van der Waals surface area contributed by atoms with E-state index in [4.69, 9.17) is 14.8 Å². The number of carbonyl (C=O) groups excluding carboxylic acids is 1. The fraction of sp³-hybridized carbons (Fsp3) is 0.0938. The lowest BCUT2D eigenvalue weighted by Crippen LogP contribution is -2.28. The van der Waals surface area contributed by atoms with Crippen LogP contribution >= 0.6 is 11.8 Å². The quantitative estimate of drug-likeness (QED) is 0.244. The molecule has 0 unspecified atom stereocenters. The summed E-state index contributed by atoms with van der Waals surface area (Å²) in [5.74, 6) is -0.439. The molecular weight excluding hydrogens is 508 g/mol. The van der Waals surface area contributed by atoms with Gasteiger partial charge in [-0.05, 0) is 52.7 Å². The van der Waals surface area contributed by atoms with Crippen LogP contribution in [0.15, 0.2) is 119 Å². The number of rotatable bonds is 9. The Balaban J connectivity index is 1.38. The van der Waals surface area contributed by atoms with Crippen LogP contribution in [-0.4, -0.2) is 27.1 Å². The minimum atomic E-state index is -0.967. The lowest BCUT2D eigenvalue weighted by Gasteiger charge is -2.15. The fourth-order valence-corrected chi connectivity index (χ4v) is 5.02. The van der Waals surface area contributed by atoms with E-state index in [0.717, 1.165) is 22.3 Å². The first-order valence-electron chi connectivity index (χ1n) is 12.4. The highest BCUT2D eigenvalue weighted by Gasteiger charge is 2.33. The molecule has 4 aromatic carbocycles. The van der Waals surface area contributed by atoms with Gasteiger partial charge in [-0.25, -0.2) is 4.79 Å². The van der Waals surface area contributed by atoms with E-state index in [1.807, 2.05) is 91.0 Å². The van der Waals surface area contributed by atoms with Crippen LogP contribution in [0.25, 0.3) is 6.08 Å². The van der Waals surface area contributed by atoms with Gasteiger partial charge in [0.2, 0.25) is 0 Å². The predicted octanol–water partition coefficient (Wildman–Crippen LogP) is 6.64. The Morgan fingerprint density at radius 1 is 0.821 bits per heavy atom. The number of nitrogens with zero attached hydrogens (tertiary/aromatic N) is 2. The standard InChI is InChI=1S/C32H26N2O4S/c35-30-29(19-27-13-7-8-14-28(27)38-22-25-15-17-26(18-16-25)31(36)37)39-32(33-20-23-9-3-1-4-10-23)34(30)21-24-11-5-2-6-12-24/h1-19H,20-22H2,(H,36,37)/b29-19-,33-32?. The SMILES string of the molecule is O=C(O)c1ccc(COc2ccccc2/C=C2\SC(=NCc3ccccc3)N(Cc3ccccc3)C2=O)cc1. The van der Waals surface area contributed by atoms with Crippen molar-refractivity contribution < 1.29 is 19.4 Å². The maximum atomic E-state index is 13.6. The Morgan fingerprint density at radius 3 is 2.15 bits per heavy atom. The first kappa shape index (κ1) is 26.0. The van der Waals surface area contributed by atoms with Crippen molar-refractivity contribution >= 4 is 34.9 Å². The third-order valence-corrected chi connectivity index (χ3v) is 7.16. The molecule has 194 valence electrons. The summed E-state index contributed by atoms with van der Waals surface area (Å²) in [7, 11) is 0. The summed E-state index contributed by atoms with van der Waals surface area (Å²) in [5, 5.41) is 9.77. The molecular formula is C32H26N2O4S. The molecule has 0 radical (unpaired) electrons. The summed E-state index contributed by atoms with van der Waals surface area (Å²) in [6, 6.07) is 34.0. The van der Waals surface area contributed by atoms with Gasteiger partial charge in [-0.15, -0.1) is 0 Å². The molecule has 1 heterocycles. The molecule has 1 amide bonds. The van der Waals surface area contributed by atoms with Gasteiger partial charge in [0.1, 0.15) is 12.4 Å². The van der Waals surface area contributed by atoms with Crippen molar-refractivity contribution in [1.29, 1.82) is 0 Å². The van der Waals surface area contributed by atoms with Crippen LogP contribution in [0.2, 0.25) is 0 Å². The van der Waals surface area contributed by atoms with Crippen molar-refractivity contribution in [1.82, 2.24) is 4.90 Å². The summed E-state index contributed by atoms with van der Waals surface area (Å²) in [4.78, 5) is 31.8. The number of carboxylic acids is 1. The fourth-order valence-electron chi connectivity index (χ4n) is 4.05. The molecule has 6 nitrogen and oxygen atoms in total. The van der Waals surface area contributed by atoms with E-state index in [0.29, 0.717) is 28.9 Å². The maximum Gasteiger partial charge on any atom is 0.335 e. The lowest BCUT2D eigenvalue weighted by atomic mass is 10.1. The first-order valence-corrected chi connectivity index (χ1v) is 13.3. The lowest BCUT2D eigenvalue weighted by molar-refractivity contribution is -0.122. The molecule has 0 saturated carbocycles. The van der Waals surface area contributed by atoms with Gasteiger partial charge in [-0.3, -0.25) is 14.7 Å². The second-order valence-electron chi connectivity index (χ2n) is 8.90. The summed E-state index contributed by atoms with van der Waals surface area (Å²) < 4.78 is 6.07. The summed E-state index contributed by atoms with van der Waals surface area (Å²) in [6.45, 7) is 1.18. The molecule has 1 aliphatic heterocycles. The molecule has 0 atom stereocenters. The van der Waals surface area contributed by atoms with E-state index in [9.17, 15) is 9.59 Å². The molecule has 4 aromatic rings.